The fraction of sp³-hybridized carbons (Fsp3) is 0.714. The summed E-state index contributed by atoms with van der Waals surface area (Å²) in [6.07, 6.45) is 0.0890. The number of rotatable bonds is 3. The zero-order valence-electron chi connectivity index (χ0n) is 6.83. The average molecular weight is 173 g/mol. The van der Waals surface area contributed by atoms with Gasteiger partial charge in [0.2, 0.25) is 0 Å². The van der Waals surface area contributed by atoms with Gasteiger partial charge in [0.15, 0.2) is 6.10 Å². The Kier molecular flexibility index (Phi) is 3.04. The lowest BCUT2D eigenvalue weighted by Gasteiger charge is -2.08. The van der Waals surface area contributed by atoms with Crippen LogP contribution in [0.2, 0.25) is 0 Å². The summed E-state index contributed by atoms with van der Waals surface area (Å²) in [6.45, 7) is 2.15. The van der Waals surface area contributed by atoms with Crippen molar-refractivity contribution in [1.82, 2.24) is 5.48 Å². The van der Waals surface area contributed by atoms with Crippen LogP contribution in [0.25, 0.3) is 0 Å². The zero-order valence-corrected chi connectivity index (χ0v) is 6.83. The minimum absolute atomic E-state index is 0.310. The molecule has 5 heteroatoms. The number of ether oxygens (including phenoxy) is 1. The first kappa shape index (κ1) is 8.99. The normalized spacial score (nSPS) is 22.1. The van der Waals surface area contributed by atoms with E-state index in [0.717, 1.165) is 0 Å². The monoisotopic (exact) mass is 173 g/mol. The average Bonchev–Trinajstić information content (AvgIpc) is 2.47. The van der Waals surface area contributed by atoms with Crippen molar-refractivity contribution in [2.45, 2.75) is 25.9 Å². The number of hydrogen-bond donors (Lipinski definition) is 1. The second-order valence-corrected chi connectivity index (χ2v) is 2.42. The van der Waals surface area contributed by atoms with Gasteiger partial charge in [0, 0.05) is 12.8 Å². The second kappa shape index (κ2) is 4.06. The van der Waals surface area contributed by atoms with Gasteiger partial charge in [-0.15, -0.1) is 0 Å². The lowest BCUT2D eigenvalue weighted by molar-refractivity contribution is -0.153. The van der Waals surface area contributed by atoms with E-state index in [9.17, 15) is 9.59 Å². The first-order valence-corrected chi connectivity index (χ1v) is 3.85. The Morgan fingerprint density at radius 3 is 3.08 bits per heavy atom. The summed E-state index contributed by atoms with van der Waals surface area (Å²) in [7, 11) is 0. The first-order chi connectivity index (χ1) is 5.74. The van der Waals surface area contributed by atoms with Crippen molar-refractivity contribution in [3.8, 4) is 0 Å². The van der Waals surface area contributed by atoms with E-state index in [1.165, 1.54) is 0 Å². The standard InChI is InChI=1S/C7H11NO4/c1-2-11-8-7(10)5-3-4-6(9)12-5/h5H,2-4H2,1H3,(H,8,10). The van der Waals surface area contributed by atoms with Gasteiger partial charge in [-0.1, -0.05) is 0 Å². The largest absolute Gasteiger partial charge is 0.452 e. The van der Waals surface area contributed by atoms with Gasteiger partial charge in [-0.25, -0.2) is 5.48 Å². The SMILES string of the molecule is CCONC(=O)C1CCC(=O)O1. The van der Waals surface area contributed by atoms with Crippen LogP contribution < -0.4 is 5.48 Å². The van der Waals surface area contributed by atoms with Crippen LogP contribution in [0, 0.1) is 0 Å². The number of esters is 1. The molecule has 1 unspecified atom stereocenters. The predicted octanol–water partition coefficient (Wildman–Crippen LogP) is -0.240. The molecule has 1 amide bonds. The highest BCUT2D eigenvalue weighted by Gasteiger charge is 2.29. The van der Waals surface area contributed by atoms with Crippen LogP contribution in [0.4, 0.5) is 0 Å². The Bertz CT molecular complexity index is 192. The van der Waals surface area contributed by atoms with E-state index in [2.05, 4.69) is 15.1 Å². The van der Waals surface area contributed by atoms with Crippen molar-refractivity contribution in [3.05, 3.63) is 0 Å². The van der Waals surface area contributed by atoms with Gasteiger partial charge < -0.3 is 4.74 Å². The fourth-order valence-electron chi connectivity index (χ4n) is 0.919. The van der Waals surface area contributed by atoms with Gasteiger partial charge in [0.1, 0.15) is 0 Å². The maximum atomic E-state index is 11.0. The molecule has 0 radical (unpaired) electrons. The Labute approximate surface area is 70.0 Å². The minimum Gasteiger partial charge on any atom is -0.452 e. The van der Waals surface area contributed by atoms with Gasteiger partial charge in [0.05, 0.1) is 6.61 Å². The maximum absolute atomic E-state index is 11.0. The topological polar surface area (TPSA) is 64.6 Å². The molecule has 1 heterocycles. The summed E-state index contributed by atoms with van der Waals surface area (Å²) >= 11 is 0. The zero-order chi connectivity index (χ0) is 8.97. The molecule has 0 aromatic rings. The molecule has 1 fully saturated rings. The number of nitrogens with one attached hydrogen (secondary N) is 1. The highest BCUT2D eigenvalue weighted by molar-refractivity contribution is 5.85. The third kappa shape index (κ3) is 2.20. The van der Waals surface area contributed by atoms with Gasteiger partial charge in [-0.2, -0.15) is 0 Å². The predicted molar refractivity (Wildman–Crippen MR) is 38.9 cm³/mol. The van der Waals surface area contributed by atoms with Crippen LogP contribution in [0.3, 0.4) is 0 Å². The fourth-order valence-corrected chi connectivity index (χ4v) is 0.919. The molecule has 0 aromatic heterocycles. The van der Waals surface area contributed by atoms with Crippen LogP contribution in [-0.2, 0) is 19.2 Å². The smallest absolute Gasteiger partial charge is 0.306 e. The maximum Gasteiger partial charge on any atom is 0.306 e. The molecule has 5 nitrogen and oxygen atoms in total. The molecule has 0 saturated carbocycles. The third-order valence-corrected chi connectivity index (χ3v) is 1.49. The summed E-state index contributed by atoms with van der Waals surface area (Å²) in [5, 5.41) is 0. The molecule has 0 aliphatic carbocycles. The van der Waals surface area contributed by atoms with Crippen molar-refractivity contribution in [2.75, 3.05) is 6.61 Å². The highest BCUT2D eigenvalue weighted by Crippen LogP contribution is 2.13. The molecular formula is C7H11NO4. The van der Waals surface area contributed by atoms with Gasteiger partial charge >= 0.3 is 5.97 Å². The summed E-state index contributed by atoms with van der Waals surface area (Å²) < 4.78 is 4.69. The summed E-state index contributed by atoms with van der Waals surface area (Å²) in [6, 6.07) is 0. The van der Waals surface area contributed by atoms with E-state index in [4.69, 9.17) is 0 Å². The molecule has 1 saturated heterocycles. The van der Waals surface area contributed by atoms with Crippen molar-refractivity contribution in [3.63, 3.8) is 0 Å². The van der Waals surface area contributed by atoms with E-state index in [1.54, 1.807) is 6.92 Å². The first-order valence-electron chi connectivity index (χ1n) is 3.85. The summed E-state index contributed by atoms with van der Waals surface area (Å²) in [5.74, 6) is -0.714. The van der Waals surface area contributed by atoms with Gasteiger partial charge in [0.25, 0.3) is 5.91 Å². The van der Waals surface area contributed by atoms with Crippen molar-refractivity contribution in [1.29, 1.82) is 0 Å². The number of hydroxylamine groups is 1. The molecule has 68 valence electrons. The quantitative estimate of drug-likeness (QED) is 0.472. The molecule has 0 aromatic carbocycles. The molecule has 1 atom stereocenters. The number of amides is 1. The number of hydrogen-bond acceptors (Lipinski definition) is 4. The van der Waals surface area contributed by atoms with E-state index in [1.807, 2.05) is 0 Å². The van der Waals surface area contributed by atoms with Crippen LogP contribution in [0.1, 0.15) is 19.8 Å². The lowest BCUT2D eigenvalue weighted by atomic mass is 10.2. The lowest BCUT2D eigenvalue weighted by Crippen LogP contribution is -2.34. The van der Waals surface area contributed by atoms with E-state index in [-0.39, 0.29) is 11.9 Å². The van der Waals surface area contributed by atoms with Crippen LogP contribution in [0.5, 0.6) is 0 Å². The highest BCUT2D eigenvalue weighted by atomic mass is 16.7. The van der Waals surface area contributed by atoms with E-state index in [0.29, 0.717) is 19.4 Å². The van der Waals surface area contributed by atoms with Crippen molar-refractivity contribution >= 4 is 11.9 Å². The molecule has 0 spiro atoms. The Morgan fingerprint density at radius 2 is 2.58 bits per heavy atom. The van der Waals surface area contributed by atoms with Gasteiger partial charge in [-0.05, 0) is 6.92 Å². The minimum atomic E-state index is -0.663. The Morgan fingerprint density at radius 1 is 1.83 bits per heavy atom. The second-order valence-electron chi connectivity index (χ2n) is 2.42. The van der Waals surface area contributed by atoms with Gasteiger partial charge in [-0.3, -0.25) is 14.4 Å². The molecular weight excluding hydrogens is 162 g/mol. The number of carbonyl (C=O) groups is 2. The Hall–Kier alpha value is -1.10. The summed E-state index contributed by atoms with van der Waals surface area (Å²) in [5.41, 5.74) is 2.18. The van der Waals surface area contributed by atoms with Crippen LogP contribution in [0.15, 0.2) is 0 Å². The molecule has 12 heavy (non-hydrogen) atoms. The van der Waals surface area contributed by atoms with Crippen molar-refractivity contribution in [2.24, 2.45) is 0 Å². The number of carbonyl (C=O) groups excluding carboxylic acids is 2. The van der Waals surface area contributed by atoms with E-state index >= 15 is 0 Å². The van der Waals surface area contributed by atoms with Crippen molar-refractivity contribution < 1.29 is 19.2 Å². The molecule has 1 aliphatic rings. The molecule has 0 bridgehead atoms. The molecule has 1 rings (SSSR count). The number of cyclic esters (lactones) is 1. The Balaban J connectivity index is 2.28. The summed E-state index contributed by atoms with van der Waals surface area (Å²) in [4.78, 5) is 26.3. The third-order valence-electron chi connectivity index (χ3n) is 1.49. The van der Waals surface area contributed by atoms with Crippen LogP contribution >= 0.6 is 0 Å². The van der Waals surface area contributed by atoms with E-state index < -0.39 is 6.10 Å². The molecule has 1 N–H and O–H groups in total. The van der Waals surface area contributed by atoms with Crippen LogP contribution in [-0.4, -0.2) is 24.6 Å². The molecule has 1 aliphatic heterocycles.